The lowest BCUT2D eigenvalue weighted by Crippen LogP contribution is -1.85. The molecule has 0 radical (unpaired) electrons. The van der Waals surface area contributed by atoms with Crippen LogP contribution in [0.25, 0.3) is 10.2 Å². The summed E-state index contributed by atoms with van der Waals surface area (Å²) in [6, 6.07) is 14.9. The first kappa shape index (κ1) is 10.4. The van der Waals surface area contributed by atoms with E-state index in [1.807, 2.05) is 18.2 Å². The molecule has 1 nitrogen and oxygen atoms in total. The van der Waals surface area contributed by atoms with Crippen molar-refractivity contribution >= 4 is 21.6 Å². The summed E-state index contributed by atoms with van der Waals surface area (Å²) in [5.41, 5.74) is 2.11. The lowest BCUT2D eigenvalue weighted by atomic mass is 10.2. The molecule has 0 saturated heterocycles. The summed E-state index contributed by atoms with van der Waals surface area (Å²) in [6.07, 6.45) is 0.807. The summed E-state index contributed by atoms with van der Waals surface area (Å²) >= 11 is 1.56. The monoisotopic (exact) mass is 243 g/mol. The number of hydrogen-bond donors (Lipinski definition) is 0. The van der Waals surface area contributed by atoms with Gasteiger partial charge in [-0.3, -0.25) is 0 Å². The fourth-order valence-corrected chi connectivity index (χ4v) is 2.82. The molecule has 3 rings (SSSR count). The first-order valence-electron chi connectivity index (χ1n) is 5.40. The van der Waals surface area contributed by atoms with Crippen molar-refractivity contribution in [3.8, 4) is 0 Å². The summed E-state index contributed by atoms with van der Waals surface area (Å²) in [5.74, 6) is -0.201. The fraction of sp³-hybridized carbons (Fsp3) is 0.0714. The van der Waals surface area contributed by atoms with E-state index >= 15 is 0 Å². The Morgan fingerprint density at radius 2 is 1.88 bits per heavy atom. The first-order chi connectivity index (χ1) is 8.31. The molecule has 3 heteroatoms. The number of thiazole rings is 1. The maximum absolute atomic E-state index is 13.1. The van der Waals surface area contributed by atoms with Crippen LogP contribution in [0.4, 0.5) is 4.39 Å². The Kier molecular flexibility index (Phi) is 2.61. The summed E-state index contributed by atoms with van der Waals surface area (Å²) in [7, 11) is 0. The molecule has 1 aromatic heterocycles. The Morgan fingerprint density at radius 1 is 1.06 bits per heavy atom. The van der Waals surface area contributed by atoms with Gasteiger partial charge in [-0.2, -0.15) is 0 Å². The number of rotatable bonds is 2. The van der Waals surface area contributed by atoms with Crippen LogP contribution in [-0.2, 0) is 6.42 Å². The van der Waals surface area contributed by atoms with Crippen molar-refractivity contribution in [3.63, 3.8) is 0 Å². The van der Waals surface area contributed by atoms with Crippen LogP contribution in [0.2, 0.25) is 0 Å². The van der Waals surface area contributed by atoms with E-state index in [1.165, 1.54) is 11.6 Å². The van der Waals surface area contributed by atoms with Crippen molar-refractivity contribution in [3.05, 3.63) is 64.9 Å². The molecule has 0 unspecified atom stereocenters. The number of halogens is 1. The minimum absolute atomic E-state index is 0.201. The molecule has 2 aromatic carbocycles. The van der Waals surface area contributed by atoms with Crippen molar-refractivity contribution in [1.82, 2.24) is 4.98 Å². The second kappa shape index (κ2) is 4.26. The van der Waals surface area contributed by atoms with Gasteiger partial charge in [-0.15, -0.1) is 11.3 Å². The lowest BCUT2D eigenvalue weighted by Gasteiger charge is -1.95. The maximum Gasteiger partial charge on any atom is 0.124 e. The third-order valence-corrected chi connectivity index (χ3v) is 3.61. The molecule has 3 aromatic rings. The summed E-state index contributed by atoms with van der Waals surface area (Å²) in [6.45, 7) is 0. The van der Waals surface area contributed by atoms with Gasteiger partial charge in [0.2, 0.25) is 0 Å². The molecule has 0 fully saturated rings. The predicted molar refractivity (Wildman–Crippen MR) is 68.8 cm³/mol. The quantitative estimate of drug-likeness (QED) is 0.662. The predicted octanol–water partition coefficient (Wildman–Crippen LogP) is 4.03. The maximum atomic E-state index is 13.1. The third kappa shape index (κ3) is 2.19. The van der Waals surface area contributed by atoms with Gasteiger partial charge in [-0.1, -0.05) is 30.3 Å². The number of hydrogen-bond acceptors (Lipinski definition) is 2. The van der Waals surface area contributed by atoms with Gasteiger partial charge in [0.05, 0.1) is 15.2 Å². The minimum atomic E-state index is -0.201. The highest BCUT2D eigenvalue weighted by molar-refractivity contribution is 7.18. The van der Waals surface area contributed by atoms with E-state index in [-0.39, 0.29) is 5.82 Å². The van der Waals surface area contributed by atoms with Crippen LogP contribution in [0, 0.1) is 5.82 Å². The van der Waals surface area contributed by atoms with E-state index in [4.69, 9.17) is 0 Å². The fourth-order valence-electron chi connectivity index (χ4n) is 1.79. The highest BCUT2D eigenvalue weighted by atomic mass is 32.1. The van der Waals surface area contributed by atoms with E-state index in [9.17, 15) is 4.39 Å². The zero-order valence-corrected chi connectivity index (χ0v) is 9.88. The van der Waals surface area contributed by atoms with Gasteiger partial charge in [-0.05, 0) is 23.8 Å². The number of benzene rings is 2. The number of fused-ring (bicyclic) bond motifs is 1. The molecule has 0 N–H and O–H groups in total. The van der Waals surface area contributed by atoms with Crippen LogP contribution in [0.3, 0.4) is 0 Å². The molecule has 0 bridgehead atoms. The normalized spacial score (nSPS) is 10.9. The van der Waals surface area contributed by atoms with Gasteiger partial charge < -0.3 is 0 Å². The largest absolute Gasteiger partial charge is 0.241 e. The van der Waals surface area contributed by atoms with Crippen molar-refractivity contribution in [1.29, 1.82) is 0 Å². The van der Waals surface area contributed by atoms with Gasteiger partial charge in [0, 0.05) is 6.42 Å². The smallest absolute Gasteiger partial charge is 0.124 e. The molecule has 0 aliphatic rings. The standard InChI is InChI=1S/C14H10FNS/c15-11-6-7-12-13(9-11)17-14(16-12)8-10-4-2-1-3-5-10/h1-7,9H,8H2. The minimum Gasteiger partial charge on any atom is -0.241 e. The topological polar surface area (TPSA) is 12.9 Å². The molecule has 17 heavy (non-hydrogen) atoms. The van der Waals surface area contributed by atoms with E-state index in [2.05, 4.69) is 17.1 Å². The Hall–Kier alpha value is -1.74. The Bertz CT molecular complexity index is 646. The molecule has 0 spiro atoms. The Morgan fingerprint density at radius 3 is 2.71 bits per heavy atom. The SMILES string of the molecule is Fc1ccc2nc(Cc3ccccc3)sc2c1. The van der Waals surface area contributed by atoms with Gasteiger partial charge in [0.15, 0.2) is 0 Å². The summed E-state index contributed by atoms with van der Waals surface area (Å²) < 4.78 is 14.0. The van der Waals surface area contributed by atoms with Crippen molar-refractivity contribution in [2.24, 2.45) is 0 Å². The first-order valence-corrected chi connectivity index (χ1v) is 6.22. The second-order valence-electron chi connectivity index (χ2n) is 3.88. The molecule has 0 atom stereocenters. The van der Waals surface area contributed by atoms with Crippen LogP contribution < -0.4 is 0 Å². The van der Waals surface area contributed by atoms with Gasteiger partial charge in [0.1, 0.15) is 5.82 Å². The Balaban J connectivity index is 1.96. The van der Waals surface area contributed by atoms with Crippen LogP contribution in [0.1, 0.15) is 10.6 Å². The van der Waals surface area contributed by atoms with Crippen LogP contribution >= 0.6 is 11.3 Å². The molecule has 0 aliphatic carbocycles. The van der Waals surface area contributed by atoms with Crippen LogP contribution in [-0.4, -0.2) is 4.98 Å². The zero-order valence-electron chi connectivity index (χ0n) is 9.06. The van der Waals surface area contributed by atoms with Crippen molar-refractivity contribution in [2.45, 2.75) is 6.42 Å². The van der Waals surface area contributed by atoms with E-state index in [0.29, 0.717) is 0 Å². The molecular weight excluding hydrogens is 233 g/mol. The van der Waals surface area contributed by atoms with Crippen molar-refractivity contribution < 1.29 is 4.39 Å². The molecule has 0 saturated carbocycles. The van der Waals surface area contributed by atoms with Gasteiger partial charge in [0.25, 0.3) is 0 Å². The molecule has 0 amide bonds. The summed E-state index contributed by atoms with van der Waals surface area (Å²) in [5, 5.41) is 1.02. The second-order valence-corrected chi connectivity index (χ2v) is 5.00. The van der Waals surface area contributed by atoms with Crippen LogP contribution in [0.5, 0.6) is 0 Å². The zero-order chi connectivity index (χ0) is 11.7. The Labute approximate surface area is 103 Å². The van der Waals surface area contributed by atoms with E-state index < -0.39 is 0 Å². The average Bonchev–Trinajstić information content (AvgIpc) is 2.71. The highest BCUT2D eigenvalue weighted by Gasteiger charge is 2.05. The molecule has 84 valence electrons. The molecule has 1 heterocycles. The van der Waals surface area contributed by atoms with Crippen LogP contribution in [0.15, 0.2) is 48.5 Å². The molecular formula is C14H10FNS. The molecule has 0 aliphatic heterocycles. The lowest BCUT2D eigenvalue weighted by molar-refractivity contribution is 0.630. The third-order valence-electron chi connectivity index (χ3n) is 2.59. The number of nitrogens with zero attached hydrogens (tertiary/aromatic N) is 1. The van der Waals surface area contributed by atoms with Crippen molar-refractivity contribution in [2.75, 3.05) is 0 Å². The van der Waals surface area contributed by atoms with E-state index in [1.54, 1.807) is 23.5 Å². The number of aromatic nitrogens is 1. The summed E-state index contributed by atoms with van der Waals surface area (Å²) in [4.78, 5) is 4.50. The highest BCUT2D eigenvalue weighted by Crippen LogP contribution is 2.24. The van der Waals surface area contributed by atoms with Gasteiger partial charge in [-0.25, -0.2) is 9.37 Å². The average molecular weight is 243 g/mol. The van der Waals surface area contributed by atoms with E-state index in [0.717, 1.165) is 21.6 Å². The van der Waals surface area contributed by atoms with Gasteiger partial charge >= 0.3 is 0 Å².